The fraction of sp³-hybridized carbons (Fsp3) is 0.800. The van der Waals surface area contributed by atoms with Gasteiger partial charge in [-0.2, -0.15) is 5.10 Å². The Morgan fingerprint density at radius 3 is 2.56 bits per heavy atom. The molecule has 0 aliphatic carbocycles. The average Bonchev–Trinajstić information content (AvgIpc) is 2.97. The number of hydrogen-bond donors (Lipinski definition) is 1. The number of carbonyl (C=O) groups excluding carboxylic acids is 1. The standard InChI is InChI=1S/C20H36N4O/c1-8-17-16(12-22-24(17)19(3,4)5)18(25)21-14-20(6,7)23-11-9-10-15(2)13-23/h12,15H,8-11,13-14H2,1-7H3,(H,21,25)/t15-/m0/s1. The Hall–Kier alpha value is -1.36. The van der Waals surface area contributed by atoms with E-state index >= 15 is 0 Å². The van der Waals surface area contributed by atoms with Crippen molar-refractivity contribution >= 4 is 5.91 Å². The van der Waals surface area contributed by atoms with E-state index in [9.17, 15) is 4.79 Å². The zero-order valence-corrected chi connectivity index (χ0v) is 17.1. The lowest BCUT2D eigenvalue weighted by atomic mass is 9.93. The largest absolute Gasteiger partial charge is 0.350 e. The number of rotatable bonds is 5. The van der Waals surface area contributed by atoms with Gasteiger partial charge in [-0.15, -0.1) is 0 Å². The average molecular weight is 349 g/mol. The molecule has 0 radical (unpaired) electrons. The highest BCUT2D eigenvalue weighted by atomic mass is 16.1. The molecule has 1 N–H and O–H groups in total. The van der Waals surface area contributed by atoms with Crippen LogP contribution in [0.5, 0.6) is 0 Å². The maximum Gasteiger partial charge on any atom is 0.254 e. The Labute approximate surface area is 153 Å². The molecule has 5 heteroatoms. The van der Waals surface area contributed by atoms with Crippen LogP contribution in [-0.2, 0) is 12.0 Å². The lowest BCUT2D eigenvalue weighted by Crippen LogP contribution is -2.54. The van der Waals surface area contributed by atoms with Crippen LogP contribution >= 0.6 is 0 Å². The molecule has 1 fully saturated rings. The molecular weight excluding hydrogens is 312 g/mol. The highest BCUT2D eigenvalue weighted by Crippen LogP contribution is 2.24. The van der Waals surface area contributed by atoms with Crippen LogP contribution in [0.3, 0.4) is 0 Å². The van der Waals surface area contributed by atoms with Crippen molar-refractivity contribution in [1.29, 1.82) is 0 Å². The molecule has 142 valence electrons. The molecule has 0 spiro atoms. The van der Waals surface area contributed by atoms with E-state index in [2.05, 4.69) is 63.8 Å². The lowest BCUT2D eigenvalue weighted by molar-refractivity contribution is 0.0657. The van der Waals surface area contributed by atoms with Gasteiger partial charge in [0.25, 0.3) is 5.91 Å². The molecule has 0 aromatic carbocycles. The SMILES string of the molecule is CCc1c(C(=O)NCC(C)(C)N2CCC[C@H](C)C2)cnn1C(C)(C)C. The Morgan fingerprint density at radius 2 is 2.00 bits per heavy atom. The maximum atomic E-state index is 12.8. The topological polar surface area (TPSA) is 50.2 Å². The first-order chi connectivity index (χ1) is 11.6. The molecule has 0 unspecified atom stereocenters. The third-order valence-corrected chi connectivity index (χ3v) is 5.28. The van der Waals surface area contributed by atoms with Crippen LogP contribution < -0.4 is 5.32 Å². The van der Waals surface area contributed by atoms with Crippen LogP contribution in [0.15, 0.2) is 6.20 Å². The van der Waals surface area contributed by atoms with Crippen LogP contribution in [0.2, 0.25) is 0 Å². The summed E-state index contributed by atoms with van der Waals surface area (Å²) in [5.74, 6) is 0.728. The van der Waals surface area contributed by atoms with Gasteiger partial charge in [-0.3, -0.25) is 14.4 Å². The third-order valence-electron chi connectivity index (χ3n) is 5.28. The normalized spacial score (nSPS) is 19.9. The maximum absolute atomic E-state index is 12.8. The van der Waals surface area contributed by atoms with E-state index in [1.807, 2.05) is 4.68 Å². The number of nitrogens with one attached hydrogen (secondary N) is 1. The highest BCUT2D eigenvalue weighted by Gasteiger charge is 2.31. The zero-order valence-electron chi connectivity index (χ0n) is 17.1. The summed E-state index contributed by atoms with van der Waals surface area (Å²) in [5, 5.41) is 7.63. The molecule has 1 aromatic heterocycles. The van der Waals surface area contributed by atoms with Crippen molar-refractivity contribution in [1.82, 2.24) is 20.0 Å². The van der Waals surface area contributed by atoms with Crippen molar-refractivity contribution in [2.75, 3.05) is 19.6 Å². The molecule has 1 aliphatic heterocycles. The van der Waals surface area contributed by atoms with Crippen LogP contribution in [0, 0.1) is 5.92 Å². The van der Waals surface area contributed by atoms with E-state index in [4.69, 9.17) is 0 Å². The van der Waals surface area contributed by atoms with E-state index in [0.717, 1.165) is 31.1 Å². The summed E-state index contributed by atoms with van der Waals surface area (Å²) in [7, 11) is 0. The summed E-state index contributed by atoms with van der Waals surface area (Å²) in [6.45, 7) is 18.1. The summed E-state index contributed by atoms with van der Waals surface area (Å²) in [5.41, 5.74) is 1.57. The quantitative estimate of drug-likeness (QED) is 0.887. The summed E-state index contributed by atoms with van der Waals surface area (Å²) >= 11 is 0. The fourth-order valence-corrected chi connectivity index (χ4v) is 3.72. The number of amides is 1. The number of likely N-dealkylation sites (tertiary alicyclic amines) is 1. The number of piperidine rings is 1. The summed E-state index contributed by atoms with van der Waals surface area (Å²) in [4.78, 5) is 15.3. The molecule has 1 amide bonds. The smallest absolute Gasteiger partial charge is 0.254 e. The Bertz CT molecular complexity index is 597. The van der Waals surface area contributed by atoms with E-state index < -0.39 is 0 Å². The minimum absolute atomic E-state index is 0.00881. The van der Waals surface area contributed by atoms with Gasteiger partial charge in [0.2, 0.25) is 0 Å². The molecular formula is C20H36N4O. The van der Waals surface area contributed by atoms with Crippen molar-refractivity contribution in [3.8, 4) is 0 Å². The number of hydrogen-bond acceptors (Lipinski definition) is 3. The number of aromatic nitrogens is 2. The van der Waals surface area contributed by atoms with Crippen LogP contribution in [0.4, 0.5) is 0 Å². The minimum atomic E-state index is -0.118. The van der Waals surface area contributed by atoms with Crippen LogP contribution in [-0.4, -0.2) is 45.8 Å². The summed E-state index contributed by atoms with van der Waals surface area (Å²) < 4.78 is 1.97. The first-order valence-corrected chi connectivity index (χ1v) is 9.67. The first-order valence-electron chi connectivity index (χ1n) is 9.67. The van der Waals surface area contributed by atoms with Crippen molar-refractivity contribution in [2.24, 2.45) is 5.92 Å². The van der Waals surface area contributed by atoms with E-state index in [-0.39, 0.29) is 17.0 Å². The van der Waals surface area contributed by atoms with Gasteiger partial charge in [0, 0.05) is 18.6 Å². The molecule has 2 heterocycles. The molecule has 1 aromatic rings. The predicted octanol–water partition coefficient (Wildman–Crippen LogP) is 3.44. The molecule has 1 atom stereocenters. The third kappa shape index (κ3) is 4.63. The van der Waals surface area contributed by atoms with E-state index in [1.165, 1.54) is 12.8 Å². The van der Waals surface area contributed by atoms with Gasteiger partial charge in [-0.25, -0.2) is 0 Å². The van der Waals surface area contributed by atoms with Crippen molar-refractivity contribution in [3.63, 3.8) is 0 Å². The molecule has 5 nitrogen and oxygen atoms in total. The predicted molar refractivity (Wildman–Crippen MR) is 103 cm³/mol. The van der Waals surface area contributed by atoms with Gasteiger partial charge in [0.1, 0.15) is 0 Å². The summed E-state index contributed by atoms with van der Waals surface area (Å²) in [6, 6.07) is 0. The van der Waals surface area contributed by atoms with Crippen LogP contribution in [0.1, 0.15) is 77.4 Å². The van der Waals surface area contributed by atoms with Gasteiger partial charge < -0.3 is 5.32 Å². The van der Waals surface area contributed by atoms with Gasteiger partial charge in [0.05, 0.1) is 23.0 Å². The minimum Gasteiger partial charge on any atom is -0.350 e. The number of carbonyl (C=O) groups is 1. The summed E-state index contributed by atoms with van der Waals surface area (Å²) in [6.07, 6.45) is 5.07. The molecule has 2 rings (SSSR count). The molecule has 0 saturated carbocycles. The zero-order chi connectivity index (χ0) is 18.8. The number of nitrogens with zero attached hydrogens (tertiary/aromatic N) is 3. The Balaban J connectivity index is 2.06. The lowest BCUT2D eigenvalue weighted by Gasteiger charge is -2.43. The first kappa shape index (κ1) is 20.0. The van der Waals surface area contributed by atoms with Crippen LogP contribution in [0.25, 0.3) is 0 Å². The Morgan fingerprint density at radius 1 is 1.32 bits per heavy atom. The van der Waals surface area contributed by atoms with Gasteiger partial charge >= 0.3 is 0 Å². The monoisotopic (exact) mass is 348 g/mol. The van der Waals surface area contributed by atoms with E-state index in [0.29, 0.717) is 12.1 Å². The van der Waals surface area contributed by atoms with Crippen molar-refractivity contribution < 1.29 is 4.79 Å². The Kier molecular flexibility index (Phi) is 5.97. The fourth-order valence-electron chi connectivity index (χ4n) is 3.72. The molecule has 1 aliphatic rings. The van der Waals surface area contributed by atoms with Gasteiger partial charge in [-0.05, 0) is 66.3 Å². The second-order valence-corrected chi connectivity index (χ2v) is 9.13. The highest BCUT2D eigenvalue weighted by molar-refractivity contribution is 5.95. The molecule has 25 heavy (non-hydrogen) atoms. The van der Waals surface area contributed by atoms with Gasteiger partial charge in [0.15, 0.2) is 0 Å². The second kappa shape index (κ2) is 7.48. The second-order valence-electron chi connectivity index (χ2n) is 9.13. The molecule has 0 bridgehead atoms. The van der Waals surface area contributed by atoms with Crippen molar-refractivity contribution in [2.45, 2.75) is 78.8 Å². The van der Waals surface area contributed by atoms with Gasteiger partial charge in [-0.1, -0.05) is 13.8 Å². The van der Waals surface area contributed by atoms with E-state index in [1.54, 1.807) is 6.20 Å². The van der Waals surface area contributed by atoms with Crippen molar-refractivity contribution in [3.05, 3.63) is 17.5 Å². The molecule has 1 saturated heterocycles.